The summed E-state index contributed by atoms with van der Waals surface area (Å²) in [5.74, 6) is -0.266. The zero-order valence-electron chi connectivity index (χ0n) is 8.87. The number of rotatable bonds is 1. The molecule has 0 atom stereocenters. The van der Waals surface area contributed by atoms with Gasteiger partial charge < -0.3 is 10.5 Å². The average Bonchev–Trinajstić information content (AvgIpc) is 2.30. The van der Waals surface area contributed by atoms with Crippen molar-refractivity contribution in [3.05, 3.63) is 29.1 Å². The minimum absolute atomic E-state index is 0.0655. The van der Waals surface area contributed by atoms with Crippen molar-refractivity contribution in [2.75, 3.05) is 18.9 Å². The molecule has 1 heterocycles. The average molecular weight is 220 g/mol. The van der Waals surface area contributed by atoms with E-state index in [1.165, 1.54) is 6.07 Å². The molecule has 1 fully saturated rings. The van der Waals surface area contributed by atoms with E-state index in [9.17, 15) is 4.39 Å². The fourth-order valence-electron chi connectivity index (χ4n) is 2.05. The fraction of sp³-hybridized carbons (Fsp3) is 0.417. The SMILES string of the molecule is N#Cc1cc(C2CCOCC2)c(N)cc1F. The Morgan fingerprint density at radius 1 is 1.38 bits per heavy atom. The number of nitrogen functional groups attached to an aromatic ring is 1. The van der Waals surface area contributed by atoms with Crippen molar-refractivity contribution >= 4 is 5.69 Å². The van der Waals surface area contributed by atoms with Gasteiger partial charge in [0.2, 0.25) is 0 Å². The molecule has 0 aliphatic carbocycles. The summed E-state index contributed by atoms with van der Waals surface area (Å²) >= 11 is 0. The van der Waals surface area contributed by atoms with Gasteiger partial charge in [0, 0.05) is 18.9 Å². The molecular formula is C12H13FN2O. The van der Waals surface area contributed by atoms with E-state index in [0.29, 0.717) is 18.9 Å². The van der Waals surface area contributed by atoms with Crippen molar-refractivity contribution in [1.29, 1.82) is 5.26 Å². The molecule has 84 valence electrons. The lowest BCUT2D eigenvalue weighted by atomic mass is 9.89. The van der Waals surface area contributed by atoms with Gasteiger partial charge in [-0.25, -0.2) is 4.39 Å². The first-order valence-corrected chi connectivity index (χ1v) is 5.29. The second kappa shape index (κ2) is 4.50. The largest absolute Gasteiger partial charge is 0.398 e. The van der Waals surface area contributed by atoms with Crippen LogP contribution in [0.5, 0.6) is 0 Å². The zero-order chi connectivity index (χ0) is 11.5. The van der Waals surface area contributed by atoms with Crippen LogP contribution in [0.1, 0.15) is 29.9 Å². The maximum Gasteiger partial charge on any atom is 0.143 e. The van der Waals surface area contributed by atoms with Gasteiger partial charge in [-0.2, -0.15) is 5.26 Å². The summed E-state index contributed by atoms with van der Waals surface area (Å²) in [6.07, 6.45) is 1.75. The van der Waals surface area contributed by atoms with E-state index in [2.05, 4.69) is 0 Å². The van der Waals surface area contributed by atoms with Gasteiger partial charge >= 0.3 is 0 Å². The standard InChI is InChI=1S/C12H13FN2O/c13-11-6-12(15)10(5-9(11)7-14)8-1-3-16-4-2-8/h5-6,8H,1-4,15H2. The zero-order valence-corrected chi connectivity index (χ0v) is 8.87. The predicted molar refractivity (Wildman–Crippen MR) is 58.3 cm³/mol. The molecule has 0 spiro atoms. The molecule has 4 heteroatoms. The number of hydrogen-bond donors (Lipinski definition) is 1. The van der Waals surface area contributed by atoms with Gasteiger partial charge in [-0.15, -0.1) is 0 Å². The van der Waals surface area contributed by atoms with Crippen molar-refractivity contribution in [2.45, 2.75) is 18.8 Å². The second-order valence-corrected chi connectivity index (χ2v) is 3.96. The first-order chi connectivity index (χ1) is 7.72. The molecule has 2 N–H and O–H groups in total. The molecule has 1 saturated heterocycles. The van der Waals surface area contributed by atoms with Crippen LogP contribution in [0.15, 0.2) is 12.1 Å². The number of ether oxygens (including phenoxy) is 1. The number of halogens is 1. The van der Waals surface area contributed by atoms with E-state index in [1.807, 2.05) is 6.07 Å². The molecule has 3 nitrogen and oxygen atoms in total. The van der Waals surface area contributed by atoms with Gasteiger partial charge in [0.1, 0.15) is 11.9 Å². The smallest absolute Gasteiger partial charge is 0.143 e. The minimum Gasteiger partial charge on any atom is -0.398 e. The summed E-state index contributed by atoms with van der Waals surface area (Å²) < 4.78 is 18.5. The number of nitriles is 1. The van der Waals surface area contributed by atoms with Crippen LogP contribution in [0.2, 0.25) is 0 Å². The Morgan fingerprint density at radius 3 is 2.69 bits per heavy atom. The highest BCUT2D eigenvalue weighted by Crippen LogP contribution is 2.32. The van der Waals surface area contributed by atoms with Crippen LogP contribution in [-0.4, -0.2) is 13.2 Å². The van der Waals surface area contributed by atoms with E-state index < -0.39 is 5.82 Å². The molecule has 0 bridgehead atoms. The molecule has 2 rings (SSSR count). The molecule has 16 heavy (non-hydrogen) atoms. The van der Waals surface area contributed by atoms with Gasteiger partial charge in [-0.05, 0) is 36.5 Å². The first kappa shape index (κ1) is 10.9. The molecule has 1 aromatic rings. The molecule has 0 aromatic heterocycles. The molecule has 1 aliphatic heterocycles. The molecule has 1 aromatic carbocycles. The normalized spacial score (nSPS) is 17.0. The van der Waals surface area contributed by atoms with E-state index >= 15 is 0 Å². The third kappa shape index (κ3) is 2.00. The van der Waals surface area contributed by atoms with Crippen molar-refractivity contribution < 1.29 is 9.13 Å². The number of nitrogens with zero attached hydrogens (tertiary/aromatic N) is 1. The quantitative estimate of drug-likeness (QED) is 0.738. The van der Waals surface area contributed by atoms with Crippen molar-refractivity contribution in [3.8, 4) is 6.07 Å². The van der Waals surface area contributed by atoms with Crippen LogP contribution >= 0.6 is 0 Å². The summed E-state index contributed by atoms with van der Waals surface area (Å²) in [6.45, 7) is 1.40. The molecule has 0 radical (unpaired) electrons. The van der Waals surface area contributed by atoms with Crippen LogP contribution in [0, 0.1) is 17.1 Å². The van der Waals surface area contributed by atoms with Crippen LogP contribution in [0.3, 0.4) is 0 Å². The van der Waals surface area contributed by atoms with Gasteiger partial charge in [0.05, 0.1) is 5.56 Å². The molecular weight excluding hydrogens is 207 g/mol. The van der Waals surface area contributed by atoms with Gasteiger partial charge in [-0.3, -0.25) is 0 Å². The number of anilines is 1. The Balaban J connectivity index is 2.36. The highest BCUT2D eigenvalue weighted by atomic mass is 19.1. The van der Waals surface area contributed by atoms with Crippen LogP contribution < -0.4 is 5.73 Å². The number of hydrogen-bond acceptors (Lipinski definition) is 3. The Labute approximate surface area is 93.6 Å². The summed E-state index contributed by atoms with van der Waals surface area (Å²) in [5, 5.41) is 8.78. The lowest BCUT2D eigenvalue weighted by Gasteiger charge is -2.23. The van der Waals surface area contributed by atoms with Gasteiger partial charge in [0.25, 0.3) is 0 Å². The Morgan fingerprint density at radius 2 is 2.06 bits per heavy atom. The van der Waals surface area contributed by atoms with Crippen LogP contribution in [0.25, 0.3) is 0 Å². The molecule has 1 aliphatic rings. The maximum atomic E-state index is 13.3. The van der Waals surface area contributed by atoms with Crippen molar-refractivity contribution in [3.63, 3.8) is 0 Å². The topological polar surface area (TPSA) is 59.0 Å². The van der Waals surface area contributed by atoms with Gasteiger partial charge in [-0.1, -0.05) is 0 Å². The Hall–Kier alpha value is -1.60. The first-order valence-electron chi connectivity index (χ1n) is 5.29. The van der Waals surface area contributed by atoms with E-state index in [1.54, 1.807) is 6.07 Å². The summed E-state index contributed by atoms with van der Waals surface area (Å²) in [7, 11) is 0. The minimum atomic E-state index is -0.546. The third-order valence-electron chi connectivity index (χ3n) is 2.95. The second-order valence-electron chi connectivity index (χ2n) is 3.96. The van der Waals surface area contributed by atoms with Crippen molar-refractivity contribution in [1.82, 2.24) is 0 Å². The third-order valence-corrected chi connectivity index (χ3v) is 2.95. The lowest BCUT2D eigenvalue weighted by molar-refractivity contribution is 0.0854. The Bertz CT molecular complexity index is 433. The predicted octanol–water partition coefficient (Wildman–Crippen LogP) is 2.17. The molecule has 0 unspecified atom stereocenters. The fourth-order valence-corrected chi connectivity index (χ4v) is 2.05. The summed E-state index contributed by atoms with van der Waals surface area (Å²) in [5.41, 5.74) is 7.16. The number of nitrogens with two attached hydrogens (primary N) is 1. The number of benzene rings is 1. The van der Waals surface area contributed by atoms with Crippen LogP contribution in [0.4, 0.5) is 10.1 Å². The maximum absolute atomic E-state index is 13.3. The van der Waals surface area contributed by atoms with Gasteiger partial charge in [0.15, 0.2) is 0 Å². The van der Waals surface area contributed by atoms with E-state index in [0.717, 1.165) is 18.4 Å². The summed E-state index contributed by atoms with van der Waals surface area (Å²) in [4.78, 5) is 0. The Kier molecular flexibility index (Phi) is 3.07. The highest BCUT2D eigenvalue weighted by Gasteiger charge is 2.19. The molecule has 0 saturated carbocycles. The lowest BCUT2D eigenvalue weighted by Crippen LogP contribution is -2.15. The van der Waals surface area contributed by atoms with Crippen LogP contribution in [-0.2, 0) is 4.74 Å². The highest BCUT2D eigenvalue weighted by molar-refractivity contribution is 5.53. The van der Waals surface area contributed by atoms with E-state index in [4.69, 9.17) is 15.7 Å². The monoisotopic (exact) mass is 220 g/mol. The summed E-state index contributed by atoms with van der Waals surface area (Å²) in [6, 6.07) is 4.65. The van der Waals surface area contributed by atoms with E-state index in [-0.39, 0.29) is 11.5 Å². The van der Waals surface area contributed by atoms with Crippen molar-refractivity contribution in [2.24, 2.45) is 0 Å². The molecule has 0 amide bonds.